The van der Waals surface area contributed by atoms with Crippen molar-refractivity contribution in [3.05, 3.63) is 29.8 Å². The summed E-state index contributed by atoms with van der Waals surface area (Å²) in [4.78, 5) is 11.8. The van der Waals surface area contributed by atoms with E-state index in [0.29, 0.717) is 6.42 Å². The number of hydrogen-bond donors (Lipinski definition) is 0. The minimum absolute atomic E-state index is 0.190. The van der Waals surface area contributed by atoms with Gasteiger partial charge in [0.2, 0.25) is 5.24 Å². The van der Waals surface area contributed by atoms with Crippen molar-refractivity contribution in [1.29, 1.82) is 0 Å². The fourth-order valence-corrected chi connectivity index (χ4v) is 2.36. The van der Waals surface area contributed by atoms with Crippen LogP contribution >= 0.6 is 23.4 Å². The number of benzene rings is 1. The number of carbonyl (C=O) groups is 1. The van der Waals surface area contributed by atoms with Crippen molar-refractivity contribution in [2.24, 2.45) is 0 Å². The molecule has 3 heteroatoms. The van der Waals surface area contributed by atoms with Crippen molar-refractivity contribution in [2.75, 3.05) is 5.75 Å². The number of carbonyl (C=O) groups excluding carboxylic acids is 1. The molecule has 0 unspecified atom stereocenters. The predicted octanol–water partition coefficient (Wildman–Crippen LogP) is 4.23. The molecule has 0 saturated heterocycles. The zero-order chi connectivity index (χ0) is 12.2. The van der Waals surface area contributed by atoms with Crippen molar-refractivity contribution in [3.8, 4) is 0 Å². The smallest absolute Gasteiger partial charge is 0.222 e. The summed E-state index contributed by atoms with van der Waals surface area (Å²) in [7, 11) is 0. The third kappa shape index (κ3) is 4.58. The SMILES string of the molecule is CC(C)(C)c1ccc(SCCC(=O)Cl)cc1. The zero-order valence-electron chi connectivity index (χ0n) is 9.92. The van der Waals surface area contributed by atoms with Gasteiger partial charge in [-0.15, -0.1) is 11.8 Å². The summed E-state index contributed by atoms with van der Waals surface area (Å²) in [6.07, 6.45) is 0.424. The van der Waals surface area contributed by atoms with Crippen LogP contribution in [0.15, 0.2) is 29.2 Å². The van der Waals surface area contributed by atoms with Gasteiger partial charge in [-0.2, -0.15) is 0 Å². The highest BCUT2D eigenvalue weighted by Gasteiger charge is 2.12. The molecule has 1 aromatic rings. The van der Waals surface area contributed by atoms with Crippen LogP contribution in [0.5, 0.6) is 0 Å². The molecule has 1 rings (SSSR count). The number of thioether (sulfide) groups is 1. The average Bonchev–Trinajstić information content (AvgIpc) is 2.16. The van der Waals surface area contributed by atoms with Gasteiger partial charge in [-0.25, -0.2) is 0 Å². The Labute approximate surface area is 107 Å². The second kappa shape index (κ2) is 5.74. The van der Waals surface area contributed by atoms with Gasteiger partial charge in [0.15, 0.2) is 0 Å². The highest BCUT2D eigenvalue weighted by molar-refractivity contribution is 7.99. The Kier molecular flexibility index (Phi) is 4.88. The summed E-state index contributed by atoms with van der Waals surface area (Å²) in [5, 5.41) is -0.265. The molecule has 0 radical (unpaired) electrons. The normalized spacial score (nSPS) is 11.5. The molecule has 0 amide bonds. The quantitative estimate of drug-likeness (QED) is 0.592. The molecule has 0 aliphatic carbocycles. The van der Waals surface area contributed by atoms with Gasteiger partial charge in [-0.05, 0) is 34.7 Å². The molecular weight excluding hydrogens is 240 g/mol. The lowest BCUT2D eigenvalue weighted by atomic mass is 9.87. The van der Waals surface area contributed by atoms with Gasteiger partial charge in [-0.1, -0.05) is 32.9 Å². The second-order valence-corrected chi connectivity index (χ2v) is 6.32. The highest BCUT2D eigenvalue weighted by Crippen LogP contribution is 2.25. The number of rotatable bonds is 4. The molecule has 0 atom stereocenters. The van der Waals surface area contributed by atoms with E-state index < -0.39 is 0 Å². The summed E-state index contributed by atoms with van der Waals surface area (Å²) >= 11 is 6.94. The lowest BCUT2D eigenvalue weighted by Crippen LogP contribution is -2.10. The van der Waals surface area contributed by atoms with Crippen LogP contribution in [0, 0.1) is 0 Å². The first-order valence-electron chi connectivity index (χ1n) is 5.31. The van der Waals surface area contributed by atoms with Crippen LogP contribution in [-0.2, 0) is 10.2 Å². The summed E-state index contributed by atoms with van der Waals surface area (Å²) in [6.45, 7) is 6.59. The molecule has 16 heavy (non-hydrogen) atoms. The van der Waals surface area contributed by atoms with E-state index in [-0.39, 0.29) is 10.7 Å². The lowest BCUT2D eigenvalue weighted by Gasteiger charge is -2.18. The Bertz CT molecular complexity index is 351. The second-order valence-electron chi connectivity index (χ2n) is 4.73. The average molecular weight is 257 g/mol. The van der Waals surface area contributed by atoms with Gasteiger partial charge in [0.05, 0.1) is 0 Å². The maximum Gasteiger partial charge on any atom is 0.222 e. The van der Waals surface area contributed by atoms with Crippen molar-refractivity contribution < 1.29 is 4.79 Å². The van der Waals surface area contributed by atoms with Crippen molar-refractivity contribution in [3.63, 3.8) is 0 Å². The molecule has 0 aliphatic rings. The first-order valence-corrected chi connectivity index (χ1v) is 6.67. The molecule has 0 aliphatic heterocycles. The van der Waals surface area contributed by atoms with Gasteiger partial charge >= 0.3 is 0 Å². The molecule has 88 valence electrons. The Morgan fingerprint density at radius 3 is 2.25 bits per heavy atom. The van der Waals surface area contributed by atoms with E-state index in [1.165, 1.54) is 10.5 Å². The fraction of sp³-hybridized carbons (Fsp3) is 0.462. The first-order chi connectivity index (χ1) is 7.39. The maximum atomic E-state index is 10.6. The molecule has 0 bridgehead atoms. The monoisotopic (exact) mass is 256 g/mol. The minimum Gasteiger partial charge on any atom is -0.281 e. The summed E-state index contributed by atoms with van der Waals surface area (Å²) in [5.74, 6) is 0.747. The van der Waals surface area contributed by atoms with Crippen LogP contribution in [-0.4, -0.2) is 11.0 Å². The molecule has 0 heterocycles. The van der Waals surface area contributed by atoms with Gasteiger partial charge in [0.25, 0.3) is 0 Å². The van der Waals surface area contributed by atoms with Crippen LogP contribution in [0.25, 0.3) is 0 Å². The molecule has 0 saturated carbocycles. The molecule has 0 fully saturated rings. The molecule has 1 nitrogen and oxygen atoms in total. The van der Waals surface area contributed by atoms with Crippen LogP contribution in [0.1, 0.15) is 32.8 Å². The predicted molar refractivity (Wildman–Crippen MR) is 71.3 cm³/mol. The van der Waals surface area contributed by atoms with E-state index in [1.54, 1.807) is 11.8 Å². The summed E-state index contributed by atoms with van der Waals surface area (Å²) in [6, 6.07) is 8.49. The first kappa shape index (κ1) is 13.6. The van der Waals surface area contributed by atoms with E-state index in [2.05, 4.69) is 45.0 Å². The van der Waals surface area contributed by atoms with Crippen molar-refractivity contribution in [1.82, 2.24) is 0 Å². The molecule has 0 aromatic heterocycles. The van der Waals surface area contributed by atoms with Gasteiger partial charge < -0.3 is 0 Å². The van der Waals surface area contributed by atoms with Crippen LogP contribution in [0.3, 0.4) is 0 Å². The molecular formula is C13H17ClOS. The Morgan fingerprint density at radius 1 is 1.25 bits per heavy atom. The van der Waals surface area contributed by atoms with E-state index in [0.717, 1.165) is 5.75 Å². The summed E-state index contributed by atoms with van der Waals surface area (Å²) in [5.41, 5.74) is 1.51. The topological polar surface area (TPSA) is 17.1 Å². The lowest BCUT2D eigenvalue weighted by molar-refractivity contribution is -0.111. The third-order valence-electron chi connectivity index (χ3n) is 2.29. The van der Waals surface area contributed by atoms with Crippen LogP contribution in [0.2, 0.25) is 0 Å². The number of hydrogen-bond acceptors (Lipinski definition) is 2. The molecule has 1 aromatic carbocycles. The largest absolute Gasteiger partial charge is 0.281 e. The van der Waals surface area contributed by atoms with Crippen molar-refractivity contribution >= 4 is 28.6 Å². The third-order valence-corrected chi connectivity index (χ3v) is 3.49. The Hall–Kier alpha value is -0.470. The van der Waals surface area contributed by atoms with Gasteiger partial charge in [0, 0.05) is 17.1 Å². The van der Waals surface area contributed by atoms with Gasteiger partial charge in [-0.3, -0.25) is 4.79 Å². The van der Waals surface area contributed by atoms with Crippen molar-refractivity contribution in [2.45, 2.75) is 37.5 Å². The van der Waals surface area contributed by atoms with E-state index in [9.17, 15) is 4.79 Å². The Balaban J connectivity index is 2.55. The molecule has 0 N–H and O–H groups in total. The van der Waals surface area contributed by atoms with E-state index >= 15 is 0 Å². The summed E-state index contributed by atoms with van der Waals surface area (Å²) < 4.78 is 0. The maximum absolute atomic E-state index is 10.6. The fourth-order valence-electron chi connectivity index (χ4n) is 1.30. The van der Waals surface area contributed by atoms with E-state index in [1.807, 2.05) is 0 Å². The number of halogens is 1. The minimum atomic E-state index is -0.265. The van der Waals surface area contributed by atoms with E-state index in [4.69, 9.17) is 11.6 Å². The van der Waals surface area contributed by atoms with Crippen LogP contribution in [0.4, 0.5) is 0 Å². The zero-order valence-corrected chi connectivity index (χ0v) is 11.5. The standard InChI is InChI=1S/C13H17ClOS/c1-13(2,3)10-4-6-11(7-5-10)16-9-8-12(14)15/h4-7H,8-9H2,1-3H3. The van der Waals surface area contributed by atoms with Gasteiger partial charge in [0.1, 0.15) is 0 Å². The molecule has 0 spiro atoms. The Morgan fingerprint density at radius 2 is 1.81 bits per heavy atom. The van der Waals surface area contributed by atoms with Crippen LogP contribution < -0.4 is 0 Å². The highest BCUT2D eigenvalue weighted by atomic mass is 35.5.